The van der Waals surface area contributed by atoms with E-state index in [0.29, 0.717) is 23.0 Å². The van der Waals surface area contributed by atoms with Crippen LogP contribution in [-0.4, -0.2) is 33.2 Å². The monoisotopic (exact) mass is 413 g/mol. The van der Waals surface area contributed by atoms with Gasteiger partial charge in [0.1, 0.15) is 5.75 Å². The van der Waals surface area contributed by atoms with Crippen LogP contribution in [0.2, 0.25) is 0 Å². The molecule has 2 aromatic carbocycles. The number of tetrazole rings is 1. The Bertz CT molecular complexity index is 968. The maximum Gasteiger partial charge on any atom is 0.255 e. The summed E-state index contributed by atoms with van der Waals surface area (Å²) in [5.41, 5.74) is 2.09. The van der Waals surface area contributed by atoms with Gasteiger partial charge in [-0.25, -0.2) is 4.68 Å². The van der Waals surface area contributed by atoms with Crippen LogP contribution in [0.15, 0.2) is 46.9 Å². The number of carbonyl (C=O) groups excluding carboxylic acids is 1. The molecule has 1 N–H and O–H groups in total. The molecule has 4 rings (SSSR count). The fraction of sp³-hybridized carbons (Fsp3) is 0.222. The van der Waals surface area contributed by atoms with E-state index in [2.05, 4.69) is 36.8 Å². The Hall–Kier alpha value is -2.74. The summed E-state index contributed by atoms with van der Waals surface area (Å²) in [7, 11) is 1.58. The molecule has 1 fully saturated rings. The van der Waals surface area contributed by atoms with Crippen LogP contribution in [0.1, 0.15) is 29.2 Å². The predicted octanol–water partition coefficient (Wildman–Crippen LogP) is 3.70. The maximum atomic E-state index is 12.5. The highest BCUT2D eigenvalue weighted by atomic mass is 79.9. The van der Waals surface area contributed by atoms with Gasteiger partial charge in [-0.1, -0.05) is 12.1 Å². The second kappa shape index (κ2) is 6.87. The van der Waals surface area contributed by atoms with Crippen LogP contribution in [0.3, 0.4) is 0 Å². The van der Waals surface area contributed by atoms with Crippen molar-refractivity contribution in [3.05, 3.63) is 52.5 Å². The van der Waals surface area contributed by atoms with Gasteiger partial charge in [0.15, 0.2) is 5.82 Å². The molecular weight excluding hydrogens is 398 g/mol. The second-order valence-electron chi connectivity index (χ2n) is 6.06. The average molecular weight is 414 g/mol. The number of anilines is 1. The average Bonchev–Trinajstić information content (AvgIpc) is 3.38. The van der Waals surface area contributed by atoms with Crippen molar-refractivity contribution in [2.45, 2.75) is 18.9 Å². The largest absolute Gasteiger partial charge is 0.496 e. The van der Waals surface area contributed by atoms with E-state index in [1.807, 2.05) is 28.9 Å². The van der Waals surface area contributed by atoms with Crippen molar-refractivity contribution < 1.29 is 9.53 Å². The van der Waals surface area contributed by atoms with Crippen LogP contribution in [0.25, 0.3) is 11.4 Å². The Kier molecular flexibility index (Phi) is 4.42. The number of ether oxygens (including phenoxy) is 1. The first-order valence-electron chi connectivity index (χ1n) is 8.19. The number of carbonyl (C=O) groups is 1. The zero-order valence-corrected chi connectivity index (χ0v) is 15.6. The van der Waals surface area contributed by atoms with E-state index < -0.39 is 0 Å². The third-order valence-electron chi connectivity index (χ3n) is 4.18. The molecule has 1 saturated carbocycles. The van der Waals surface area contributed by atoms with Gasteiger partial charge < -0.3 is 10.1 Å². The van der Waals surface area contributed by atoms with Crippen LogP contribution >= 0.6 is 15.9 Å². The lowest BCUT2D eigenvalue weighted by molar-refractivity contribution is 0.102. The van der Waals surface area contributed by atoms with Crippen LogP contribution in [0.4, 0.5) is 5.69 Å². The van der Waals surface area contributed by atoms with Gasteiger partial charge in [-0.3, -0.25) is 4.79 Å². The van der Waals surface area contributed by atoms with E-state index >= 15 is 0 Å². The number of rotatable bonds is 5. The standard InChI is InChI=1S/C18H16BrN5O2/c1-26-16-8-5-12(10-15(16)19)18(25)20-13-4-2-3-11(9-13)17-21-22-23-24(17)14-6-7-14/h2-5,8-10,14H,6-7H2,1H3,(H,20,25). The predicted molar refractivity (Wildman–Crippen MR) is 100 cm³/mol. The number of benzene rings is 2. The van der Waals surface area contributed by atoms with E-state index in [1.54, 1.807) is 25.3 Å². The van der Waals surface area contributed by atoms with Crippen LogP contribution in [-0.2, 0) is 0 Å². The Morgan fingerprint density at radius 3 is 2.85 bits per heavy atom. The number of amides is 1. The highest BCUT2D eigenvalue weighted by Gasteiger charge is 2.28. The summed E-state index contributed by atoms with van der Waals surface area (Å²) in [6.45, 7) is 0. The van der Waals surface area contributed by atoms with Crippen molar-refractivity contribution in [2.24, 2.45) is 0 Å². The third-order valence-corrected chi connectivity index (χ3v) is 4.80. The first-order valence-corrected chi connectivity index (χ1v) is 8.98. The summed E-state index contributed by atoms with van der Waals surface area (Å²) >= 11 is 3.40. The number of nitrogens with zero attached hydrogens (tertiary/aromatic N) is 4. The molecule has 26 heavy (non-hydrogen) atoms. The van der Waals surface area contributed by atoms with Crippen molar-refractivity contribution in [1.82, 2.24) is 20.2 Å². The van der Waals surface area contributed by atoms with Gasteiger partial charge in [0.05, 0.1) is 17.6 Å². The quantitative estimate of drug-likeness (QED) is 0.689. The fourth-order valence-electron chi connectivity index (χ4n) is 2.70. The summed E-state index contributed by atoms with van der Waals surface area (Å²) in [4.78, 5) is 12.5. The zero-order valence-electron chi connectivity index (χ0n) is 14.0. The van der Waals surface area contributed by atoms with Gasteiger partial charge in [0, 0.05) is 16.8 Å². The number of methoxy groups -OCH3 is 1. The van der Waals surface area contributed by atoms with E-state index in [0.717, 1.165) is 28.7 Å². The lowest BCUT2D eigenvalue weighted by Gasteiger charge is -2.09. The minimum Gasteiger partial charge on any atom is -0.496 e. The number of aromatic nitrogens is 4. The van der Waals surface area contributed by atoms with E-state index in [4.69, 9.17) is 4.74 Å². The Morgan fingerprint density at radius 1 is 1.27 bits per heavy atom. The molecule has 3 aromatic rings. The summed E-state index contributed by atoms with van der Waals surface area (Å²) in [5.74, 6) is 1.19. The molecule has 0 saturated heterocycles. The Morgan fingerprint density at radius 2 is 2.12 bits per heavy atom. The lowest BCUT2D eigenvalue weighted by Crippen LogP contribution is -2.12. The van der Waals surface area contributed by atoms with Crippen LogP contribution in [0, 0.1) is 0 Å². The van der Waals surface area contributed by atoms with E-state index in [-0.39, 0.29) is 5.91 Å². The molecule has 1 aliphatic carbocycles. The van der Waals surface area contributed by atoms with Crippen molar-refractivity contribution in [3.8, 4) is 17.1 Å². The first-order chi connectivity index (χ1) is 12.7. The number of nitrogens with one attached hydrogen (secondary N) is 1. The first kappa shape index (κ1) is 16.7. The molecule has 132 valence electrons. The van der Waals surface area contributed by atoms with E-state index in [1.165, 1.54) is 0 Å². The summed E-state index contributed by atoms with van der Waals surface area (Å²) < 4.78 is 7.77. The normalized spacial score (nSPS) is 13.5. The van der Waals surface area contributed by atoms with Crippen LogP contribution < -0.4 is 10.1 Å². The number of hydrogen-bond acceptors (Lipinski definition) is 5. The van der Waals surface area contributed by atoms with Gasteiger partial charge >= 0.3 is 0 Å². The topological polar surface area (TPSA) is 81.9 Å². The van der Waals surface area contributed by atoms with Gasteiger partial charge in [0.2, 0.25) is 0 Å². The van der Waals surface area contributed by atoms with Gasteiger partial charge in [-0.2, -0.15) is 0 Å². The second-order valence-corrected chi connectivity index (χ2v) is 6.92. The molecule has 1 heterocycles. The molecule has 0 aliphatic heterocycles. The molecule has 1 amide bonds. The highest BCUT2D eigenvalue weighted by molar-refractivity contribution is 9.10. The highest BCUT2D eigenvalue weighted by Crippen LogP contribution is 2.36. The molecule has 0 spiro atoms. The lowest BCUT2D eigenvalue weighted by atomic mass is 10.1. The molecule has 1 aromatic heterocycles. The molecule has 1 aliphatic rings. The van der Waals surface area contributed by atoms with Gasteiger partial charge in [-0.15, -0.1) is 5.10 Å². The van der Waals surface area contributed by atoms with Crippen molar-refractivity contribution in [2.75, 3.05) is 12.4 Å². The number of hydrogen-bond donors (Lipinski definition) is 1. The molecule has 0 bridgehead atoms. The minimum absolute atomic E-state index is 0.202. The number of halogens is 1. The van der Waals surface area contributed by atoms with Gasteiger partial charge in [-0.05, 0) is 69.5 Å². The summed E-state index contributed by atoms with van der Waals surface area (Å²) in [6, 6.07) is 13.1. The van der Waals surface area contributed by atoms with Crippen molar-refractivity contribution in [1.29, 1.82) is 0 Å². The zero-order chi connectivity index (χ0) is 18.1. The smallest absolute Gasteiger partial charge is 0.255 e. The van der Waals surface area contributed by atoms with Gasteiger partial charge in [0.25, 0.3) is 5.91 Å². The van der Waals surface area contributed by atoms with Crippen molar-refractivity contribution >= 4 is 27.5 Å². The fourth-order valence-corrected chi connectivity index (χ4v) is 3.24. The van der Waals surface area contributed by atoms with Crippen molar-refractivity contribution in [3.63, 3.8) is 0 Å². The summed E-state index contributed by atoms with van der Waals surface area (Å²) in [6.07, 6.45) is 2.20. The Labute approximate surface area is 158 Å². The minimum atomic E-state index is -0.202. The summed E-state index contributed by atoms with van der Waals surface area (Å²) in [5, 5.41) is 14.9. The molecule has 8 heteroatoms. The maximum absolute atomic E-state index is 12.5. The molecular formula is C18H16BrN5O2. The third kappa shape index (κ3) is 3.32. The molecule has 0 unspecified atom stereocenters. The van der Waals surface area contributed by atoms with Crippen LogP contribution in [0.5, 0.6) is 5.75 Å². The SMILES string of the molecule is COc1ccc(C(=O)Nc2cccc(-c3nnnn3C3CC3)c2)cc1Br. The molecule has 0 radical (unpaired) electrons. The Balaban J connectivity index is 1.56. The molecule has 0 atom stereocenters. The molecule has 7 nitrogen and oxygen atoms in total. The van der Waals surface area contributed by atoms with E-state index in [9.17, 15) is 4.79 Å².